The molecule has 3 heterocycles. The van der Waals surface area contributed by atoms with Crippen LogP contribution in [-0.4, -0.2) is 47.2 Å². The van der Waals surface area contributed by atoms with Crippen molar-refractivity contribution in [3.05, 3.63) is 78.2 Å². The number of nitrogens with zero attached hydrogens (tertiary/aromatic N) is 3. The fourth-order valence-electron chi connectivity index (χ4n) is 4.33. The maximum absolute atomic E-state index is 12.5. The predicted octanol–water partition coefficient (Wildman–Crippen LogP) is 7.08. The van der Waals surface area contributed by atoms with Crippen molar-refractivity contribution in [3.8, 4) is 28.0 Å². The molecule has 0 radical (unpaired) electrons. The minimum atomic E-state index is -4.79. The van der Waals surface area contributed by atoms with Crippen LogP contribution in [0.1, 0.15) is 11.3 Å². The van der Waals surface area contributed by atoms with Crippen molar-refractivity contribution in [3.63, 3.8) is 0 Å². The molecule has 5 aromatic rings. The van der Waals surface area contributed by atoms with Crippen LogP contribution in [0.2, 0.25) is 0 Å². The summed E-state index contributed by atoms with van der Waals surface area (Å²) in [6, 6.07) is 13.3. The zero-order valence-corrected chi connectivity index (χ0v) is 24.8. The first-order chi connectivity index (χ1) is 21.1. The third-order valence-corrected chi connectivity index (χ3v) is 7.60. The van der Waals surface area contributed by atoms with Crippen LogP contribution in [0.15, 0.2) is 67.0 Å². The van der Waals surface area contributed by atoms with Crippen molar-refractivity contribution in [2.24, 2.45) is 7.05 Å². The molecule has 0 fully saturated rings. The fraction of sp³-hybridized carbons (Fsp3) is 0.233. The van der Waals surface area contributed by atoms with Crippen LogP contribution in [0.25, 0.3) is 20.9 Å². The summed E-state index contributed by atoms with van der Waals surface area (Å²) in [4.78, 5) is 22.6. The smallest absolute Gasteiger partial charge is 0.455 e. The minimum Gasteiger partial charge on any atom is -0.455 e. The summed E-state index contributed by atoms with van der Waals surface area (Å²) in [7, 11) is 3.65. The largest absolute Gasteiger partial charge is 0.573 e. The highest BCUT2D eigenvalue weighted by Crippen LogP contribution is 2.39. The molecule has 230 valence electrons. The molecule has 0 bridgehead atoms. The molecule has 0 aliphatic carbocycles. The van der Waals surface area contributed by atoms with E-state index in [1.54, 1.807) is 37.6 Å². The number of urea groups is 1. The van der Waals surface area contributed by atoms with Gasteiger partial charge in [0.2, 0.25) is 0 Å². The van der Waals surface area contributed by atoms with Gasteiger partial charge in [-0.1, -0.05) is 0 Å². The summed E-state index contributed by atoms with van der Waals surface area (Å²) in [5.74, 6) is 1.69. The van der Waals surface area contributed by atoms with Crippen LogP contribution >= 0.6 is 11.3 Å². The maximum atomic E-state index is 12.5. The van der Waals surface area contributed by atoms with E-state index in [0.717, 1.165) is 50.9 Å². The van der Waals surface area contributed by atoms with Crippen LogP contribution in [0.3, 0.4) is 0 Å². The number of rotatable bonds is 11. The zero-order valence-electron chi connectivity index (χ0n) is 24.0. The van der Waals surface area contributed by atoms with Crippen molar-refractivity contribution in [1.29, 1.82) is 0 Å². The first kappa shape index (κ1) is 30.8. The number of fused-ring (bicyclic) bond motifs is 1. The Morgan fingerprint density at radius 1 is 1.00 bits per heavy atom. The number of anilines is 2. The number of imidazole rings is 1. The first-order valence-electron chi connectivity index (χ1n) is 13.4. The average Bonchev–Trinajstić information content (AvgIpc) is 3.56. The number of methoxy groups -OCH3 is 1. The summed E-state index contributed by atoms with van der Waals surface area (Å²) < 4.78 is 55.2. The third-order valence-electron chi connectivity index (χ3n) is 6.47. The molecule has 44 heavy (non-hydrogen) atoms. The van der Waals surface area contributed by atoms with Gasteiger partial charge in [0.15, 0.2) is 0 Å². The van der Waals surface area contributed by atoms with Gasteiger partial charge in [0, 0.05) is 50.9 Å². The number of hydrogen-bond donors (Lipinski definition) is 3. The molecule has 0 atom stereocenters. The Balaban J connectivity index is 1.24. The lowest BCUT2D eigenvalue weighted by molar-refractivity contribution is -0.274. The van der Waals surface area contributed by atoms with E-state index in [0.29, 0.717) is 36.0 Å². The van der Waals surface area contributed by atoms with Crippen molar-refractivity contribution in [1.82, 2.24) is 19.9 Å². The van der Waals surface area contributed by atoms with E-state index in [9.17, 15) is 18.0 Å². The van der Waals surface area contributed by atoms with E-state index in [1.807, 2.05) is 26.2 Å². The number of benzene rings is 2. The molecule has 0 saturated heterocycles. The van der Waals surface area contributed by atoms with Gasteiger partial charge in [-0.25, -0.2) is 9.78 Å². The molecular weight excluding hydrogens is 597 g/mol. The number of ether oxygens (including phenoxy) is 3. The van der Waals surface area contributed by atoms with Crippen LogP contribution in [-0.2, 0) is 18.3 Å². The van der Waals surface area contributed by atoms with E-state index in [-0.39, 0.29) is 5.75 Å². The Morgan fingerprint density at radius 2 is 1.75 bits per heavy atom. The van der Waals surface area contributed by atoms with Crippen molar-refractivity contribution in [2.75, 3.05) is 30.9 Å². The third kappa shape index (κ3) is 7.64. The molecule has 10 nitrogen and oxygen atoms in total. The number of thiophene rings is 1. The zero-order chi connectivity index (χ0) is 31.3. The molecule has 2 amide bonds. The van der Waals surface area contributed by atoms with Gasteiger partial charge < -0.3 is 34.7 Å². The van der Waals surface area contributed by atoms with Crippen molar-refractivity contribution in [2.45, 2.75) is 19.8 Å². The summed E-state index contributed by atoms with van der Waals surface area (Å²) in [5, 5.41) is 8.61. The molecule has 0 saturated carbocycles. The number of alkyl halides is 3. The van der Waals surface area contributed by atoms with Crippen molar-refractivity contribution >= 4 is 39.0 Å². The van der Waals surface area contributed by atoms with E-state index in [1.165, 1.54) is 23.5 Å². The minimum absolute atomic E-state index is 0.297. The van der Waals surface area contributed by atoms with Crippen LogP contribution < -0.4 is 25.4 Å². The average molecular weight is 627 g/mol. The van der Waals surface area contributed by atoms with E-state index < -0.39 is 12.4 Å². The summed E-state index contributed by atoms with van der Waals surface area (Å²) in [6.07, 6.45) is -1.25. The topological polar surface area (TPSA) is 112 Å². The van der Waals surface area contributed by atoms with Gasteiger partial charge in [0.05, 0.1) is 33.6 Å². The van der Waals surface area contributed by atoms with Gasteiger partial charge in [0.1, 0.15) is 23.1 Å². The Hall–Kier alpha value is -4.66. The number of amides is 2. The summed E-state index contributed by atoms with van der Waals surface area (Å²) in [5.41, 5.74) is 3.41. The number of halogens is 3. The van der Waals surface area contributed by atoms with Gasteiger partial charge in [0.25, 0.3) is 0 Å². The number of aryl methyl sites for hydroxylation is 1. The number of carbonyl (C=O) groups excluding carboxylic acids is 1. The van der Waals surface area contributed by atoms with E-state index in [2.05, 4.69) is 35.2 Å². The molecule has 2 aromatic carbocycles. The normalized spacial score (nSPS) is 11.5. The van der Waals surface area contributed by atoms with E-state index in [4.69, 9.17) is 9.47 Å². The SMILES string of the molecule is COCCNCc1cnc(-c2cc3nccc(Oc4ccc(NC(=O)Nc5ccc(OC(F)(F)F)cc5)cc4C)c3s2)n1C. The monoisotopic (exact) mass is 626 g/mol. The van der Waals surface area contributed by atoms with Crippen LogP contribution in [0.4, 0.5) is 29.3 Å². The Morgan fingerprint density at radius 3 is 2.48 bits per heavy atom. The second kappa shape index (κ2) is 13.3. The number of aromatic nitrogens is 3. The lowest BCUT2D eigenvalue weighted by Gasteiger charge is -2.13. The molecule has 14 heteroatoms. The fourth-order valence-corrected chi connectivity index (χ4v) is 5.43. The molecule has 3 aromatic heterocycles. The standard InChI is InChI=1S/C30H29F3N6O4S/c1-18-14-20(38-29(40)37-19-4-7-22(8-5-19)43-30(31,32)33)6-9-24(18)42-25-10-11-35-23-15-26(44-27(23)25)28-36-17-21(39(28)2)16-34-12-13-41-3/h4-11,14-15,17,34H,12-13,16H2,1-3H3,(H2,37,38,40). The highest BCUT2D eigenvalue weighted by atomic mass is 32.1. The van der Waals surface area contributed by atoms with Gasteiger partial charge in [-0.05, 0) is 61.0 Å². The number of pyridine rings is 1. The number of carbonyl (C=O) groups is 1. The van der Waals surface area contributed by atoms with Gasteiger partial charge in [-0.2, -0.15) is 0 Å². The molecular formula is C30H29F3N6O4S. The molecule has 0 aliphatic rings. The first-order valence-corrected chi connectivity index (χ1v) is 14.2. The predicted molar refractivity (Wildman–Crippen MR) is 162 cm³/mol. The number of nitrogens with one attached hydrogen (secondary N) is 3. The lowest BCUT2D eigenvalue weighted by atomic mass is 10.2. The Bertz CT molecular complexity index is 1750. The van der Waals surface area contributed by atoms with Crippen molar-refractivity contribution < 1.29 is 32.2 Å². The Labute approximate surface area is 254 Å². The van der Waals surface area contributed by atoms with Gasteiger partial charge in [-0.3, -0.25) is 4.98 Å². The van der Waals surface area contributed by atoms with Gasteiger partial charge in [-0.15, -0.1) is 24.5 Å². The lowest BCUT2D eigenvalue weighted by Crippen LogP contribution is -2.20. The molecule has 3 N–H and O–H groups in total. The van der Waals surface area contributed by atoms with Crippen LogP contribution in [0, 0.1) is 6.92 Å². The summed E-state index contributed by atoms with van der Waals surface area (Å²) >= 11 is 1.54. The highest BCUT2D eigenvalue weighted by Gasteiger charge is 2.31. The molecule has 0 unspecified atom stereocenters. The molecule has 5 rings (SSSR count). The molecule has 0 spiro atoms. The quantitative estimate of drug-likeness (QED) is 0.134. The van der Waals surface area contributed by atoms with Gasteiger partial charge >= 0.3 is 12.4 Å². The second-order valence-corrected chi connectivity index (χ2v) is 10.7. The maximum Gasteiger partial charge on any atom is 0.573 e. The number of hydrogen-bond acceptors (Lipinski definition) is 8. The highest BCUT2D eigenvalue weighted by molar-refractivity contribution is 7.22. The summed E-state index contributed by atoms with van der Waals surface area (Å²) in [6.45, 7) is 3.90. The van der Waals surface area contributed by atoms with Crippen LogP contribution in [0.5, 0.6) is 17.2 Å². The molecule has 0 aliphatic heterocycles. The van der Waals surface area contributed by atoms with E-state index >= 15 is 0 Å². The Kier molecular flexibility index (Phi) is 9.32. The second-order valence-electron chi connectivity index (χ2n) is 9.67.